The number of amides is 1. The molecule has 0 fully saturated rings. The van der Waals surface area contributed by atoms with Gasteiger partial charge in [-0.15, -0.1) is 11.3 Å². The largest absolute Gasteiger partial charge is 0.323 e. The number of anilines is 1. The zero-order valence-corrected chi connectivity index (χ0v) is 14.6. The van der Waals surface area contributed by atoms with Crippen LogP contribution in [0.1, 0.15) is 5.56 Å². The molecule has 8 heteroatoms. The van der Waals surface area contributed by atoms with Crippen LogP contribution >= 0.6 is 23.1 Å². The van der Waals surface area contributed by atoms with E-state index in [9.17, 15) is 14.0 Å². The van der Waals surface area contributed by atoms with Crippen LogP contribution in [0.25, 0.3) is 10.2 Å². The molecule has 3 aromatic rings. The maximum absolute atomic E-state index is 13.8. The number of thiophene rings is 1. The highest BCUT2D eigenvalue weighted by Gasteiger charge is 2.13. The molecule has 0 radical (unpaired) electrons. The van der Waals surface area contributed by atoms with Gasteiger partial charge in [-0.25, -0.2) is 9.37 Å². The number of nitrogens with zero attached hydrogens (tertiary/aromatic N) is 2. The first kappa shape index (κ1) is 16.7. The van der Waals surface area contributed by atoms with Gasteiger partial charge in [-0.2, -0.15) is 0 Å². The Morgan fingerprint density at radius 1 is 1.42 bits per heavy atom. The molecule has 0 saturated heterocycles. The van der Waals surface area contributed by atoms with E-state index in [0.29, 0.717) is 15.4 Å². The number of thioether (sulfide) groups is 1. The van der Waals surface area contributed by atoms with Crippen LogP contribution in [-0.4, -0.2) is 21.2 Å². The number of benzene rings is 1. The smallest absolute Gasteiger partial charge is 0.271 e. The third-order valence-corrected chi connectivity index (χ3v) is 5.30. The van der Waals surface area contributed by atoms with E-state index in [-0.39, 0.29) is 22.9 Å². The van der Waals surface area contributed by atoms with Gasteiger partial charge in [-0.1, -0.05) is 17.8 Å². The van der Waals surface area contributed by atoms with Gasteiger partial charge in [0.25, 0.3) is 5.56 Å². The van der Waals surface area contributed by atoms with Gasteiger partial charge in [0, 0.05) is 7.05 Å². The Balaban J connectivity index is 1.72. The lowest BCUT2D eigenvalue weighted by molar-refractivity contribution is -0.113. The van der Waals surface area contributed by atoms with Crippen molar-refractivity contribution in [3.05, 3.63) is 51.4 Å². The number of aryl methyl sites for hydroxylation is 1. The minimum absolute atomic E-state index is 0.0310. The SMILES string of the molecule is Cc1ccc(NC(=O)CSc2nc3ccsc3c(=O)n2C)c(F)c1. The first-order chi connectivity index (χ1) is 11.5. The molecule has 1 N–H and O–H groups in total. The van der Waals surface area contributed by atoms with Gasteiger partial charge in [0.2, 0.25) is 5.91 Å². The summed E-state index contributed by atoms with van der Waals surface area (Å²) in [6, 6.07) is 6.38. The van der Waals surface area contributed by atoms with Crippen molar-refractivity contribution in [3.8, 4) is 0 Å². The van der Waals surface area contributed by atoms with Gasteiger partial charge < -0.3 is 5.32 Å². The van der Waals surface area contributed by atoms with E-state index in [0.717, 1.165) is 17.3 Å². The van der Waals surface area contributed by atoms with Crippen LogP contribution in [0.2, 0.25) is 0 Å². The fourth-order valence-corrected chi connectivity index (χ4v) is 3.71. The van der Waals surface area contributed by atoms with Gasteiger partial charge >= 0.3 is 0 Å². The van der Waals surface area contributed by atoms with Crippen LogP contribution in [0.4, 0.5) is 10.1 Å². The Bertz CT molecular complexity index is 981. The molecule has 0 bridgehead atoms. The van der Waals surface area contributed by atoms with Gasteiger partial charge in [0.15, 0.2) is 5.16 Å². The van der Waals surface area contributed by atoms with E-state index in [1.165, 1.54) is 28.0 Å². The molecule has 0 aliphatic heterocycles. The minimum Gasteiger partial charge on any atom is -0.323 e. The second-order valence-corrected chi connectivity index (χ2v) is 7.07. The fourth-order valence-electron chi connectivity index (χ4n) is 2.13. The summed E-state index contributed by atoms with van der Waals surface area (Å²) in [4.78, 5) is 28.6. The average Bonchev–Trinajstić information content (AvgIpc) is 3.01. The zero-order valence-electron chi connectivity index (χ0n) is 13.0. The molecule has 124 valence electrons. The highest BCUT2D eigenvalue weighted by atomic mass is 32.2. The maximum Gasteiger partial charge on any atom is 0.271 e. The summed E-state index contributed by atoms with van der Waals surface area (Å²) in [5.41, 5.74) is 1.41. The first-order valence-corrected chi connectivity index (χ1v) is 8.95. The van der Waals surface area contributed by atoms with Crippen molar-refractivity contribution in [2.75, 3.05) is 11.1 Å². The molecule has 1 aromatic carbocycles. The van der Waals surface area contributed by atoms with Crippen molar-refractivity contribution in [1.82, 2.24) is 9.55 Å². The van der Waals surface area contributed by atoms with Gasteiger partial charge in [0.05, 0.1) is 17.0 Å². The Hall–Kier alpha value is -2.19. The Morgan fingerprint density at radius 3 is 2.96 bits per heavy atom. The number of hydrogen-bond donors (Lipinski definition) is 1. The maximum atomic E-state index is 13.8. The summed E-state index contributed by atoms with van der Waals surface area (Å²) in [5, 5.41) is 4.78. The molecule has 0 aliphatic carbocycles. The van der Waals surface area contributed by atoms with Crippen molar-refractivity contribution < 1.29 is 9.18 Å². The highest BCUT2D eigenvalue weighted by Crippen LogP contribution is 2.21. The summed E-state index contributed by atoms with van der Waals surface area (Å²) in [6.07, 6.45) is 0. The number of carbonyl (C=O) groups excluding carboxylic acids is 1. The van der Waals surface area contributed by atoms with Gasteiger partial charge in [0.1, 0.15) is 10.5 Å². The van der Waals surface area contributed by atoms with Crippen LogP contribution in [0.3, 0.4) is 0 Å². The molecule has 2 heterocycles. The first-order valence-electron chi connectivity index (χ1n) is 7.09. The lowest BCUT2D eigenvalue weighted by Gasteiger charge is -2.08. The Kier molecular flexibility index (Phi) is 4.68. The van der Waals surface area contributed by atoms with Gasteiger partial charge in [-0.3, -0.25) is 14.2 Å². The molecule has 24 heavy (non-hydrogen) atoms. The quantitative estimate of drug-likeness (QED) is 0.571. The molecular formula is C16H14FN3O2S2. The molecular weight excluding hydrogens is 349 g/mol. The minimum atomic E-state index is -0.474. The predicted octanol–water partition coefficient (Wildman–Crippen LogP) is 3.17. The third kappa shape index (κ3) is 3.34. The van der Waals surface area contributed by atoms with E-state index in [1.807, 2.05) is 0 Å². The molecule has 2 aromatic heterocycles. The normalized spacial score (nSPS) is 11.0. The van der Waals surface area contributed by atoms with E-state index in [4.69, 9.17) is 0 Å². The summed E-state index contributed by atoms with van der Waals surface area (Å²) >= 11 is 2.48. The van der Waals surface area contributed by atoms with Crippen LogP contribution < -0.4 is 10.9 Å². The number of rotatable bonds is 4. The summed E-state index contributed by atoms with van der Waals surface area (Å²) in [5.74, 6) is -0.801. The number of nitrogens with one attached hydrogen (secondary N) is 1. The van der Waals surface area contributed by atoms with E-state index >= 15 is 0 Å². The second-order valence-electron chi connectivity index (χ2n) is 5.21. The number of halogens is 1. The molecule has 0 unspecified atom stereocenters. The summed E-state index contributed by atoms with van der Waals surface area (Å²) in [6.45, 7) is 1.78. The third-order valence-electron chi connectivity index (χ3n) is 3.38. The topological polar surface area (TPSA) is 64.0 Å². The van der Waals surface area contributed by atoms with Crippen molar-refractivity contribution in [2.45, 2.75) is 12.1 Å². The lowest BCUT2D eigenvalue weighted by atomic mass is 10.2. The standard InChI is InChI=1S/C16H14FN3O2S2/c1-9-3-4-11(10(17)7-9)18-13(21)8-24-16-19-12-5-6-23-14(12)15(22)20(16)2/h3-7H,8H2,1-2H3,(H,18,21). The van der Waals surface area contributed by atoms with Crippen molar-refractivity contribution >= 4 is 44.9 Å². The molecule has 0 saturated carbocycles. The number of hydrogen-bond acceptors (Lipinski definition) is 5. The average molecular weight is 363 g/mol. The second kappa shape index (κ2) is 6.74. The van der Waals surface area contributed by atoms with Crippen molar-refractivity contribution in [2.24, 2.45) is 7.05 Å². The highest BCUT2D eigenvalue weighted by molar-refractivity contribution is 7.99. The summed E-state index contributed by atoms with van der Waals surface area (Å²) in [7, 11) is 1.62. The molecule has 0 aliphatic rings. The molecule has 0 atom stereocenters. The van der Waals surface area contributed by atoms with Crippen LogP contribution in [-0.2, 0) is 11.8 Å². The predicted molar refractivity (Wildman–Crippen MR) is 95.4 cm³/mol. The van der Waals surface area contributed by atoms with Crippen LogP contribution in [0, 0.1) is 12.7 Å². The number of carbonyl (C=O) groups is 1. The monoisotopic (exact) mass is 363 g/mol. The Labute approximate surface area is 145 Å². The van der Waals surface area contributed by atoms with Gasteiger partial charge in [-0.05, 0) is 36.1 Å². The van der Waals surface area contributed by atoms with E-state index < -0.39 is 5.82 Å². The van der Waals surface area contributed by atoms with Crippen molar-refractivity contribution in [3.63, 3.8) is 0 Å². The van der Waals surface area contributed by atoms with E-state index in [1.54, 1.807) is 31.5 Å². The Morgan fingerprint density at radius 2 is 2.21 bits per heavy atom. The van der Waals surface area contributed by atoms with Crippen molar-refractivity contribution in [1.29, 1.82) is 0 Å². The molecule has 1 amide bonds. The van der Waals surface area contributed by atoms with Crippen LogP contribution in [0.5, 0.6) is 0 Å². The lowest BCUT2D eigenvalue weighted by Crippen LogP contribution is -2.20. The molecule has 0 spiro atoms. The number of aromatic nitrogens is 2. The zero-order chi connectivity index (χ0) is 17.3. The van der Waals surface area contributed by atoms with E-state index in [2.05, 4.69) is 10.3 Å². The number of fused-ring (bicyclic) bond motifs is 1. The molecule has 3 rings (SSSR count). The van der Waals surface area contributed by atoms with Crippen LogP contribution in [0.15, 0.2) is 39.6 Å². The molecule has 5 nitrogen and oxygen atoms in total. The fraction of sp³-hybridized carbons (Fsp3) is 0.188. The summed E-state index contributed by atoms with van der Waals surface area (Å²) < 4.78 is 15.8.